The van der Waals surface area contributed by atoms with Crippen molar-refractivity contribution in [3.05, 3.63) is 70.8 Å². The van der Waals surface area contributed by atoms with Crippen molar-refractivity contribution in [2.45, 2.75) is 11.8 Å². The predicted molar refractivity (Wildman–Crippen MR) is 77.1 cm³/mol. The van der Waals surface area contributed by atoms with Crippen LogP contribution in [0.5, 0.6) is 0 Å². The Kier molecular flexibility index (Phi) is 2.42. The van der Waals surface area contributed by atoms with E-state index in [4.69, 9.17) is 0 Å². The van der Waals surface area contributed by atoms with Crippen LogP contribution in [0, 0.1) is 0 Å². The van der Waals surface area contributed by atoms with Crippen molar-refractivity contribution in [2.24, 2.45) is 0 Å². The molecule has 0 aliphatic carbocycles. The Morgan fingerprint density at radius 3 is 2.63 bits per heavy atom. The Morgan fingerprint density at radius 1 is 1.00 bits per heavy atom. The SMILES string of the molecule is O=C1c2ccccc2C2c3ccccc3CSCN12. The fraction of sp³-hybridized carbons (Fsp3) is 0.188. The molecule has 0 fully saturated rings. The number of benzene rings is 2. The molecule has 3 heteroatoms. The average molecular weight is 267 g/mol. The summed E-state index contributed by atoms with van der Waals surface area (Å²) in [7, 11) is 0. The Balaban J connectivity index is 1.97. The van der Waals surface area contributed by atoms with Crippen molar-refractivity contribution in [3.8, 4) is 0 Å². The number of hydrogen-bond donors (Lipinski definition) is 0. The average Bonchev–Trinajstić information content (AvgIpc) is 2.62. The van der Waals surface area contributed by atoms with Crippen LogP contribution < -0.4 is 0 Å². The molecular formula is C16H13NOS. The summed E-state index contributed by atoms with van der Waals surface area (Å²) in [4.78, 5) is 14.5. The molecule has 4 rings (SSSR count). The summed E-state index contributed by atoms with van der Waals surface area (Å²) in [6, 6.07) is 16.6. The molecule has 2 aromatic rings. The number of hydrogen-bond acceptors (Lipinski definition) is 2. The highest BCUT2D eigenvalue weighted by Crippen LogP contribution is 2.43. The van der Waals surface area contributed by atoms with Crippen LogP contribution in [0.2, 0.25) is 0 Å². The topological polar surface area (TPSA) is 20.3 Å². The fourth-order valence-electron chi connectivity index (χ4n) is 3.03. The lowest BCUT2D eigenvalue weighted by atomic mass is 9.95. The van der Waals surface area contributed by atoms with Gasteiger partial charge in [0.1, 0.15) is 0 Å². The van der Waals surface area contributed by atoms with Gasteiger partial charge in [0.25, 0.3) is 5.91 Å². The molecular weight excluding hydrogens is 254 g/mol. The fourth-order valence-corrected chi connectivity index (χ4v) is 4.06. The standard InChI is InChI=1S/C16H13NOS/c18-16-14-8-4-3-7-13(14)15-12-6-2-1-5-11(12)9-19-10-17(15)16/h1-8,15H,9-10H2. The zero-order valence-electron chi connectivity index (χ0n) is 10.4. The van der Waals surface area contributed by atoms with E-state index in [0.717, 1.165) is 22.8 Å². The van der Waals surface area contributed by atoms with Gasteiger partial charge in [-0.3, -0.25) is 4.79 Å². The van der Waals surface area contributed by atoms with Crippen LogP contribution >= 0.6 is 11.8 Å². The van der Waals surface area contributed by atoms with Crippen molar-refractivity contribution in [1.29, 1.82) is 0 Å². The van der Waals surface area contributed by atoms with Gasteiger partial charge >= 0.3 is 0 Å². The van der Waals surface area contributed by atoms with Gasteiger partial charge in [0, 0.05) is 11.3 Å². The van der Waals surface area contributed by atoms with Crippen LogP contribution in [0.15, 0.2) is 48.5 Å². The van der Waals surface area contributed by atoms with Crippen LogP contribution in [-0.4, -0.2) is 16.7 Å². The molecule has 19 heavy (non-hydrogen) atoms. The third-order valence-electron chi connectivity index (χ3n) is 3.90. The maximum Gasteiger partial charge on any atom is 0.255 e. The molecule has 2 nitrogen and oxygen atoms in total. The van der Waals surface area contributed by atoms with E-state index >= 15 is 0 Å². The molecule has 0 bridgehead atoms. The van der Waals surface area contributed by atoms with Gasteiger partial charge in [0.05, 0.1) is 11.9 Å². The van der Waals surface area contributed by atoms with Crippen LogP contribution in [0.3, 0.4) is 0 Å². The lowest BCUT2D eigenvalue weighted by Crippen LogP contribution is -2.27. The van der Waals surface area contributed by atoms with Crippen molar-refractivity contribution in [1.82, 2.24) is 4.90 Å². The Labute approximate surface area is 116 Å². The van der Waals surface area contributed by atoms with Gasteiger partial charge in [-0.1, -0.05) is 42.5 Å². The Bertz CT molecular complexity index is 667. The van der Waals surface area contributed by atoms with E-state index in [0.29, 0.717) is 0 Å². The summed E-state index contributed by atoms with van der Waals surface area (Å²) in [5.74, 6) is 1.93. The molecule has 0 spiro atoms. The molecule has 1 atom stereocenters. The van der Waals surface area contributed by atoms with Crippen molar-refractivity contribution in [2.75, 3.05) is 5.88 Å². The molecule has 2 aromatic carbocycles. The minimum absolute atomic E-state index is 0.106. The maximum absolute atomic E-state index is 12.5. The summed E-state index contributed by atoms with van der Waals surface area (Å²) in [6.07, 6.45) is 0. The van der Waals surface area contributed by atoms with Crippen LogP contribution in [0.25, 0.3) is 0 Å². The third kappa shape index (κ3) is 1.55. The molecule has 94 valence electrons. The van der Waals surface area contributed by atoms with Crippen LogP contribution in [0.4, 0.5) is 0 Å². The van der Waals surface area contributed by atoms with E-state index in [9.17, 15) is 4.79 Å². The predicted octanol–water partition coefficient (Wildman–Crippen LogP) is 3.44. The number of nitrogens with zero attached hydrogens (tertiary/aromatic N) is 1. The Morgan fingerprint density at radius 2 is 1.74 bits per heavy atom. The number of amides is 1. The van der Waals surface area contributed by atoms with Gasteiger partial charge < -0.3 is 4.90 Å². The maximum atomic E-state index is 12.5. The van der Waals surface area contributed by atoms with Crippen LogP contribution in [-0.2, 0) is 5.75 Å². The second-order valence-electron chi connectivity index (χ2n) is 4.94. The number of fused-ring (bicyclic) bond motifs is 5. The molecule has 0 radical (unpaired) electrons. The third-order valence-corrected chi connectivity index (χ3v) is 4.87. The van der Waals surface area contributed by atoms with Gasteiger partial charge in [-0.25, -0.2) is 0 Å². The van der Waals surface area contributed by atoms with Crippen molar-refractivity contribution in [3.63, 3.8) is 0 Å². The normalized spacial score (nSPS) is 20.5. The zero-order valence-corrected chi connectivity index (χ0v) is 11.2. The van der Waals surface area contributed by atoms with Gasteiger partial charge in [0.2, 0.25) is 0 Å². The summed E-state index contributed by atoms with van der Waals surface area (Å²) >= 11 is 1.81. The molecule has 0 aromatic heterocycles. The van der Waals surface area contributed by atoms with E-state index < -0.39 is 0 Å². The second kappa shape index (κ2) is 4.14. The summed E-state index contributed by atoms with van der Waals surface area (Å²) in [5, 5.41) is 0. The summed E-state index contributed by atoms with van der Waals surface area (Å²) in [6.45, 7) is 0. The lowest BCUT2D eigenvalue weighted by Gasteiger charge is -2.23. The smallest absolute Gasteiger partial charge is 0.255 e. The molecule has 2 heterocycles. The van der Waals surface area contributed by atoms with Gasteiger partial charge in [0.15, 0.2) is 0 Å². The molecule has 0 saturated carbocycles. The first-order valence-electron chi connectivity index (χ1n) is 6.42. The van der Waals surface area contributed by atoms with Gasteiger partial charge in [-0.05, 0) is 22.8 Å². The zero-order chi connectivity index (χ0) is 12.8. The highest BCUT2D eigenvalue weighted by Gasteiger charge is 2.39. The molecule has 0 saturated heterocycles. The van der Waals surface area contributed by atoms with E-state index in [1.165, 1.54) is 11.1 Å². The number of carbonyl (C=O) groups is 1. The molecule has 0 N–H and O–H groups in total. The van der Waals surface area contributed by atoms with Crippen molar-refractivity contribution >= 4 is 17.7 Å². The lowest BCUT2D eigenvalue weighted by molar-refractivity contribution is 0.0784. The molecule has 1 amide bonds. The second-order valence-corrected chi connectivity index (χ2v) is 5.90. The highest BCUT2D eigenvalue weighted by molar-refractivity contribution is 7.98. The number of thioether (sulfide) groups is 1. The summed E-state index contributed by atoms with van der Waals surface area (Å²) in [5.41, 5.74) is 4.66. The molecule has 2 aliphatic heterocycles. The quantitative estimate of drug-likeness (QED) is 0.729. The highest BCUT2D eigenvalue weighted by atomic mass is 32.2. The first kappa shape index (κ1) is 11.1. The largest absolute Gasteiger partial charge is 0.318 e. The van der Waals surface area contributed by atoms with E-state index in [-0.39, 0.29) is 11.9 Å². The first-order chi connectivity index (χ1) is 9.36. The Hall–Kier alpha value is -1.74. The minimum Gasteiger partial charge on any atom is -0.318 e. The number of rotatable bonds is 0. The van der Waals surface area contributed by atoms with E-state index in [2.05, 4.69) is 30.3 Å². The molecule has 2 aliphatic rings. The first-order valence-corrected chi connectivity index (χ1v) is 7.57. The summed E-state index contributed by atoms with van der Waals surface area (Å²) < 4.78 is 0. The van der Waals surface area contributed by atoms with E-state index in [1.54, 1.807) is 0 Å². The minimum atomic E-state index is 0.106. The van der Waals surface area contributed by atoms with Crippen molar-refractivity contribution < 1.29 is 4.79 Å². The van der Waals surface area contributed by atoms with E-state index in [1.807, 2.05) is 34.9 Å². The van der Waals surface area contributed by atoms with Crippen LogP contribution in [0.1, 0.15) is 33.1 Å². The monoisotopic (exact) mass is 267 g/mol. The van der Waals surface area contributed by atoms with Gasteiger partial charge in [-0.2, -0.15) is 0 Å². The molecule has 1 unspecified atom stereocenters. The van der Waals surface area contributed by atoms with Gasteiger partial charge in [-0.15, -0.1) is 11.8 Å². The number of carbonyl (C=O) groups excluding carboxylic acids is 1.